The summed E-state index contributed by atoms with van der Waals surface area (Å²) in [6.45, 7) is 0. The molecule has 0 aromatic heterocycles. The van der Waals surface area contributed by atoms with Crippen LogP contribution in [0.5, 0.6) is 0 Å². The van der Waals surface area contributed by atoms with E-state index >= 15 is 0 Å². The third-order valence-electron chi connectivity index (χ3n) is 1.97. The molecular weight excluding hydrogens is 278 g/mol. The minimum absolute atomic E-state index is 0.116. The predicted octanol–water partition coefficient (Wildman–Crippen LogP) is 2.37. The Hall–Kier alpha value is -0.990. The zero-order valence-electron chi connectivity index (χ0n) is 7.70. The highest BCUT2D eigenvalue weighted by atomic mass is 79.9. The van der Waals surface area contributed by atoms with E-state index in [2.05, 4.69) is 28.6 Å². The van der Waals surface area contributed by atoms with Gasteiger partial charge in [-0.2, -0.15) is 5.26 Å². The molecule has 0 radical (unpaired) electrons. The molecule has 0 amide bonds. The lowest BCUT2D eigenvalue weighted by Crippen LogP contribution is -2.05. The number of alkyl halides is 1. The summed E-state index contributed by atoms with van der Waals surface area (Å²) in [5, 5.41) is 18.1. The van der Waals surface area contributed by atoms with Crippen molar-refractivity contribution in [2.24, 2.45) is 0 Å². The van der Waals surface area contributed by atoms with Crippen molar-refractivity contribution in [3.63, 3.8) is 0 Å². The van der Waals surface area contributed by atoms with Crippen LogP contribution in [0.25, 0.3) is 0 Å². The Kier molecular flexibility index (Phi) is 4.18. The van der Waals surface area contributed by atoms with Crippen LogP contribution in [0, 0.1) is 11.3 Å². The van der Waals surface area contributed by atoms with E-state index in [0.717, 1.165) is 5.56 Å². The molecular formula is C10H8BrNO2S. The lowest BCUT2D eigenvalue weighted by Gasteiger charge is -2.09. The molecule has 0 saturated carbocycles. The Morgan fingerprint density at radius 1 is 1.60 bits per heavy atom. The van der Waals surface area contributed by atoms with Gasteiger partial charge in [0, 0.05) is 10.2 Å². The van der Waals surface area contributed by atoms with Crippen molar-refractivity contribution >= 4 is 34.5 Å². The van der Waals surface area contributed by atoms with Crippen LogP contribution in [0.15, 0.2) is 17.0 Å². The number of rotatable bonds is 3. The molecule has 0 spiro atoms. The van der Waals surface area contributed by atoms with Gasteiger partial charge in [-0.25, -0.2) is 0 Å². The highest BCUT2D eigenvalue weighted by molar-refractivity contribution is 9.08. The van der Waals surface area contributed by atoms with Crippen LogP contribution in [-0.4, -0.2) is 11.1 Å². The van der Waals surface area contributed by atoms with Gasteiger partial charge in [0.1, 0.15) is 6.07 Å². The molecule has 5 heteroatoms. The van der Waals surface area contributed by atoms with Gasteiger partial charge in [-0.05, 0) is 17.2 Å². The topological polar surface area (TPSA) is 61.1 Å². The Morgan fingerprint density at radius 2 is 2.27 bits per heavy atom. The van der Waals surface area contributed by atoms with Crippen LogP contribution in [-0.2, 0) is 16.5 Å². The molecule has 0 unspecified atom stereocenters. The monoisotopic (exact) mass is 285 g/mol. The molecule has 0 atom stereocenters. The van der Waals surface area contributed by atoms with Crippen molar-refractivity contribution in [3.8, 4) is 6.07 Å². The average Bonchev–Trinajstić information content (AvgIpc) is 2.20. The maximum Gasteiger partial charge on any atom is 0.307 e. The lowest BCUT2D eigenvalue weighted by molar-refractivity contribution is -0.136. The second kappa shape index (κ2) is 5.19. The molecule has 0 bridgehead atoms. The minimum Gasteiger partial charge on any atom is -0.481 e. The quantitative estimate of drug-likeness (QED) is 0.662. The summed E-state index contributed by atoms with van der Waals surface area (Å²) in [7, 11) is 0. The summed E-state index contributed by atoms with van der Waals surface area (Å²) in [5.41, 5.74) is 1.85. The van der Waals surface area contributed by atoms with Crippen LogP contribution in [0.1, 0.15) is 16.7 Å². The summed E-state index contributed by atoms with van der Waals surface area (Å²) in [5.74, 6) is -0.928. The summed E-state index contributed by atoms with van der Waals surface area (Å²) in [4.78, 5) is 11.1. The van der Waals surface area contributed by atoms with E-state index in [1.54, 1.807) is 12.1 Å². The second-order valence-electron chi connectivity index (χ2n) is 2.92. The normalized spacial score (nSPS) is 9.67. The molecule has 1 rings (SSSR count). The number of hydrogen-bond donors (Lipinski definition) is 2. The first-order chi connectivity index (χ1) is 7.10. The van der Waals surface area contributed by atoms with Crippen LogP contribution in [0.3, 0.4) is 0 Å². The molecule has 0 saturated heterocycles. The van der Waals surface area contributed by atoms with Crippen LogP contribution in [0.4, 0.5) is 0 Å². The smallest absolute Gasteiger partial charge is 0.307 e. The van der Waals surface area contributed by atoms with Gasteiger partial charge in [0.2, 0.25) is 0 Å². The van der Waals surface area contributed by atoms with Gasteiger partial charge in [-0.15, -0.1) is 12.6 Å². The van der Waals surface area contributed by atoms with Gasteiger partial charge < -0.3 is 5.11 Å². The summed E-state index contributed by atoms with van der Waals surface area (Å²) >= 11 is 7.45. The average molecular weight is 286 g/mol. The largest absolute Gasteiger partial charge is 0.481 e. The minimum atomic E-state index is -0.928. The Labute approximate surface area is 101 Å². The number of carbonyl (C=O) groups is 1. The molecule has 0 aliphatic rings. The molecule has 1 aromatic carbocycles. The van der Waals surface area contributed by atoms with Gasteiger partial charge >= 0.3 is 5.97 Å². The molecule has 1 aromatic rings. The van der Waals surface area contributed by atoms with Crippen molar-refractivity contribution in [1.82, 2.24) is 0 Å². The molecule has 0 heterocycles. The molecule has 78 valence electrons. The Balaban J connectivity index is 3.30. The number of halogens is 1. The van der Waals surface area contributed by atoms with Gasteiger partial charge in [-0.1, -0.05) is 22.0 Å². The molecule has 0 aliphatic carbocycles. The van der Waals surface area contributed by atoms with E-state index < -0.39 is 5.97 Å². The van der Waals surface area contributed by atoms with Crippen LogP contribution in [0.2, 0.25) is 0 Å². The fourth-order valence-electron chi connectivity index (χ4n) is 1.24. The summed E-state index contributed by atoms with van der Waals surface area (Å²) in [6, 6.07) is 5.36. The van der Waals surface area contributed by atoms with Gasteiger partial charge in [-0.3, -0.25) is 4.79 Å². The third-order valence-corrected chi connectivity index (χ3v) is 3.09. The number of nitriles is 1. The fourth-order valence-corrected chi connectivity index (χ4v) is 2.11. The van der Waals surface area contributed by atoms with Gasteiger partial charge in [0.15, 0.2) is 0 Å². The number of hydrogen-bond acceptors (Lipinski definition) is 3. The Morgan fingerprint density at radius 3 is 2.73 bits per heavy atom. The SMILES string of the molecule is N#Cc1ccc(CBr)c(CC(=O)O)c1S. The third kappa shape index (κ3) is 2.74. The number of thiol groups is 1. The van der Waals surface area contributed by atoms with E-state index in [1.165, 1.54) is 0 Å². The fraction of sp³-hybridized carbons (Fsp3) is 0.200. The van der Waals surface area contributed by atoms with Crippen molar-refractivity contribution in [3.05, 3.63) is 28.8 Å². The van der Waals surface area contributed by atoms with Crippen molar-refractivity contribution in [2.45, 2.75) is 16.6 Å². The van der Waals surface area contributed by atoms with Crippen LogP contribution < -0.4 is 0 Å². The Bertz CT molecular complexity index is 440. The van der Waals surface area contributed by atoms with E-state index in [-0.39, 0.29) is 6.42 Å². The highest BCUT2D eigenvalue weighted by Crippen LogP contribution is 2.25. The van der Waals surface area contributed by atoms with Crippen molar-refractivity contribution in [2.75, 3.05) is 0 Å². The first kappa shape index (κ1) is 12.1. The highest BCUT2D eigenvalue weighted by Gasteiger charge is 2.12. The molecule has 15 heavy (non-hydrogen) atoms. The van der Waals surface area contributed by atoms with E-state index in [9.17, 15) is 4.79 Å². The number of aliphatic carboxylic acids is 1. The predicted molar refractivity (Wildman–Crippen MR) is 62.4 cm³/mol. The van der Waals surface area contributed by atoms with Crippen molar-refractivity contribution < 1.29 is 9.90 Å². The zero-order valence-corrected chi connectivity index (χ0v) is 10.2. The first-order valence-electron chi connectivity index (χ1n) is 4.11. The number of carboxylic acid groups (broad SMARTS) is 1. The molecule has 1 N–H and O–H groups in total. The van der Waals surface area contributed by atoms with E-state index in [1.807, 2.05) is 6.07 Å². The lowest BCUT2D eigenvalue weighted by atomic mass is 10.0. The molecule has 0 fully saturated rings. The molecule has 3 nitrogen and oxygen atoms in total. The summed E-state index contributed by atoms with van der Waals surface area (Å²) < 4.78 is 0. The van der Waals surface area contributed by atoms with Gasteiger partial charge in [0.05, 0.1) is 12.0 Å². The zero-order chi connectivity index (χ0) is 11.4. The maximum absolute atomic E-state index is 10.7. The molecule has 0 aliphatic heterocycles. The number of nitrogens with zero attached hydrogens (tertiary/aromatic N) is 1. The van der Waals surface area contributed by atoms with Crippen molar-refractivity contribution in [1.29, 1.82) is 5.26 Å². The maximum atomic E-state index is 10.7. The summed E-state index contributed by atoms with van der Waals surface area (Å²) in [6.07, 6.45) is -0.116. The standard InChI is InChI=1S/C10H8BrNO2S/c11-4-6-1-2-7(5-12)10(15)8(6)3-9(13)14/h1-2,15H,3-4H2,(H,13,14). The van der Waals surface area contributed by atoms with E-state index in [0.29, 0.717) is 21.4 Å². The number of benzene rings is 1. The number of carboxylic acids is 1. The second-order valence-corrected chi connectivity index (χ2v) is 3.92. The first-order valence-corrected chi connectivity index (χ1v) is 5.68. The van der Waals surface area contributed by atoms with E-state index in [4.69, 9.17) is 10.4 Å². The van der Waals surface area contributed by atoms with Crippen LogP contribution >= 0.6 is 28.6 Å². The van der Waals surface area contributed by atoms with Gasteiger partial charge in [0.25, 0.3) is 0 Å².